The van der Waals surface area contributed by atoms with Crippen molar-refractivity contribution in [3.05, 3.63) is 30.3 Å². The van der Waals surface area contributed by atoms with Gasteiger partial charge in [0.15, 0.2) is 0 Å². The van der Waals surface area contributed by atoms with Gasteiger partial charge in [-0.3, -0.25) is 0 Å². The van der Waals surface area contributed by atoms with Crippen molar-refractivity contribution < 1.29 is 11.5 Å². The predicted octanol–water partition coefficient (Wildman–Crippen LogP) is -0.521. The average Bonchev–Trinajstić information content (AvgIpc) is 1.90. The van der Waals surface area contributed by atoms with Gasteiger partial charge in [0.1, 0.15) is 0 Å². The van der Waals surface area contributed by atoms with E-state index in [1.165, 1.54) is 0 Å². The monoisotopic (exact) mass is 123 g/mol. The van der Waals surface area contributed by atoms with Crippen molar-refractivity contribution >= 4 is 12.6 Å². The molecule has 3 heteroatoms. The van der Waals surface area contributed by atoms with Crippen LogP contribution < -0.4 is 5.46 Å². The molecule has 2 N–H and O–H groups in total. The average molecular weight is 123 g/mol. The molecule has 0 saturated carbocycles. The Bertz CT molecular complexity index is 178. The van der Waals surface area contributed by atoms with Crippen LogP contribution >= 0.6 is 0 Å². The zero-order valence-corrected chi connectivity index (χ0v) is 4.86. The smallest absolute Gasteiger partial charge is 0.423 e. The molecule has 1 aromatic carbocycles. The molecule has 9 heavy (non-hydrogen) atoms. The topological polar surface area (TPSA) is 40.5 Å². The van der Waals surface area contributed by atoms with Crippen LogP contribution in [0.2, 0.25) is 0 Å². The molecule has 0 aliphatic rings. The van der Waals surface area contributed by atoms with Crippen molar-refractivity contribution in [2.75, 3.05) is 0 Å². The van der Waals surface area contributed by atoms with Gasteiger partial charge in [-0.15, -0.1) is 0 Å². The molecule has 0 unspecified atom stereocenters. The van der Waals surface area contributed by atoms with Crippen LogP contribution in [-0.2, 0) is 0 Å². The van der Waals surface area contributed by atoms with Gasteiger partial charge in [0.2, 0.25) is 0 Å². The van der Waals surface area contributed by atoms with Gasteiger partial charge in [-0.25, -0.2) is 0 Å². The van der Waals surface area contributed by atoms with E-state index in [2.05, 4.69) is 0 Å². The summed E-state index contributed by atoms with van der Waals surface area (Å²) in [5.41, 5.74) is 0.525. The molecule has 1 aromatic rings. The lowest BCUT2D eigenvalue weighted by atomic mass is 9.81. The summed E-state index contributed by atoms with van der Waals surface area (Å²) in [4.78, 5) is 0. The van der Waals surface area contributed by atoms with Gasteiger partial charge in [-0.05, 0) is 5.46 Å². The molecular formula is C6H8BO2+. The van der Waals surface area contributed by atoms with E-state index in [0.29, 0.717) is 5.46 Å². The maximum Gasteiger partial charge on any atom is 1.00 e. The molecule has 0 aliphatic heterocycles. The Balaban J connectivity index is 0.000000810. The van der Waals surface area contributed by atoms with Gasteiger partial charge in [0.25, 0.3) is 0 Å². The maximum absolute atomic E-state index is 8.58. The highest BCUT2D eigenvalue weighted by atomic mass is 16.4. The fourth-order valence-electron chi connectivity index (χ4n) is 0.625. The lowest BCUT2D eigenvalue weighted by molar-refractivity contribution is 0.426. The molecule has 0 atom stereocenters. The van der Waals surface area contributed by atoms with Crippen LogP contribution in [0.1, 0.15) is 1.43 Å². The molecule has 0 amide bonds. The molecule has 1 rings (SSSR count). The number of hydrogen-bond donors (Lipinski definition) is 2. The van der Waals surface area contributed by atoms with Crippen molar-refractivity contribution in [2.45, 2.75) is 0 Å². The Kier molecular flexibility index (Phi) is 1.87. The SMILES string of the molecule is OB(O)c1ccccc1.[H+]. The predicted molar refractivity (Wildman–Crippen MR) is 37.4 cm³/mol. The summed E-state index contributed by atoms with van der Waals surface area (Å²) >= 11 is 0. The fourth-order valence-corrected chi connectivity index (χ4v) is 0.625. The summed E-state index contributed by atoms with van der Waals surface area (Å²) in [6, 6.07) is 8.66. The highest BCUT2D eigenvalue weighted by molar-refractivity contribution is 6.58. The number of benzene rings is 1. The number of hydrogen-bond acceptors (Lipinski definition) is 2. The van der Waals surface area contributed by atoms with Gasteiger partial charge >= 0.3 is 8.55 Å². The Morgan fingerprint density at radius 3 is 2.00 bits per heavy atom. The molecule has 0 saturated heterocycles. The van der Waals surface area contributed by atoms with Crippen LogP contribution in [0.5, 0.6) is 0 Å². The van der Waals surface area contributed by atoms with E-state index in [-0.39, 0.29) is 1.43 Å². The van der Waals surface area contributed by atoms with Crippen molar-refractivity contribution in [1.29, 1.82) is 0 Å². The second-order valence-electron chi connectivity index (χ2n) is 1.78. The summed E-state index contributed by atoms with van der Waals surface area (Å²) in [6.07, 6.45) is 0. The second kappa shape index (κ2) is 2.66. The van der Waals surface area contributed by atoms with Gasteiger partial charge in [0.05, 0.1) is 0 Å². The highest BCUT2D eigenvalue weighted by Gasteiger charge is 2.07. The second-order valence-corrected chi connectivity index (χ2v) is 1.78. The van der Waals surface area contributed by atoms with Crippen molar-refractivity contribution in [3.63, 3.8) is 0 Å². The standard InChI is InChI=1S/C6H7BO2/c8-7(9)6-4-2-1-3-5-6/h1-5,8-9H/p+1. The lowest BCUT2D eigenvalue weighted by Gasteiger charge is -1.94. The van der Waals surface area contributed by atoms with Crippen LogP contribution in [0, 0.1) is 0 Å². The summed E-state index contributed by atoms with van der Waals surface area (Å²) in [5.74, 6) is 0. The summed E-state index contributed by atoms with van der Waals surface area (Å²) in [7, 11) is -1.34. The summed E-state index contributed by atoms with van der Waals surface area (Å²) in [6.45, 7) is 0. The summed E-state index contributed by atoms with van der Waals surface area (Å²) in [5, 5.41) is 17.2. The van der Waals surface area contributed by atoms with Crippen molar-refractivity contribution in [2.24, 2.45) is 0 Å². The minimum Gasteiger partial charge on any atom is -0.423 e. The maximum atomic E-state index is 8.58. The molecule has 0 spiro atoms. The third kappa shape index (κ3) is 1.55. The van der Waals surface area contributed by atoms with Gasteiger partial charge in [-0.1, -0.05) is 30.3 Å². The zero-order valence-electron chi connectivity index (χ0n) is 5.86. The first-order valence-electron chi connectivity index (χ1n) is 2.72. The fraction of sp³-hybridized carbons (Fsp3) is 0. The molecule has 0 bridgehead atoms. The van der Waals surface area contributed by atoms with Crippen molar-refractivity contribution in [1.82, 2.24) is 0 Å². The first kappa shape index (κ1) is 6.33. The molecule has 2 nitrogen and oxygen atoms in total. The van der Waals surface area contributed by atoms with E-state index in [0.717, 1.165) is 0 Å². The molecule has 0 heterocycles. The van der Waals surface area contributed by atoms with Gasteiger partial charge < -0.3 is 10.0 Å². The van der Waals surface area contributed by atoms with Crippen LogP contribution in [0.25, 0.3) is 0 Å². The largest absolute Gasteiger partial charge is 1.00 e. The quantitative estimate of drug-likeness (QED) is 0.493. The third-order valence-corrected chi connectivity index (χ3v) is 1.10. The Labute approximate surface area is 55.4 Å². The van der Waals surface area contributed by atoms with E-state index in [1.54, 1.807) is 24.3 Å². The molecule has 0 aliphatic carbocycles. The lowest BCUT2D eigenvalue weighted by Crippen LogP contribution is -2.29. The Hall–Kier alpha value is -0.795. The van der Waals surface area contributed by atoms with E-state index in [1.807, 2.05) is 6.07 Å². The Morgan fingerprint density at radius 2 is 1.67 bits per heavy atom. The third-order valence-electron chi connectivity index (χ3n) is 1.10. The van der Waals surface area contributed by atoms with E-state index >= 15 is 0 Å². The van der Waals surface area contributed by atoms with Crippen LogP contribution in [0.3, 0.4) is 0 Å². The minimum absolute atomic E-state index is 0. The molecule has 46 valence electrons. The molecular weight excluding hydrogens is 115 g/mol. The first-order chi connectivity index (χ1) is 4.30. The molecule has 0 aromatic heterocycles. The molecule has 0 radical (unpaired) electrons. The van der Waals surface area contributed by atoms with Crippen LogP contribution in [0.4, 0.5) is 0 Å². The van der Waals surface area contributed by atoms with E-state index in [4.69, 9.17) is 10.0 Å². The van der Waals surface area contributed by atoms with E-state index in [9.17, 15) is 0 Å². The van der Waals surface area contributed by atoms with Gasteiger partial charge in [-0.2, -0.15) is 0 Å². The Morgan fingerprint density at radius 1 is 1.11 bits per heavy atom. The van der Waals surface area contributed by atoms with Gasteiger partial charge in [0, 0.05) is 0 Å². The zero-order chi connectivity index (χ0) is 6.69. The van der Waals surface area contributed by atoms with Crippen LogP contribution in [0.15, 0.2) is 30.3 Å². The van der Waals surface area contributed by atoms with Crippen LogP contribution in [-0.4, -0.2) is 17.2 Å². The van der Waals surface area contributed by atoms with Crippen molar-refractivity contribution in [3.8, 4) is 0 Å². The normalized spacial score (nSPS) is 9.11. The first-order valence-corrected chi connectivity index (χ1v) is 2.72. The number of rotatable bonds is 1. The minimum atomic E-state index is -1.34. The van der Waals surface area contributed by atoms with E-state index < -0.39 is 7.12 Å². The highest BCUT2D eigenvalue weighted by Crippen LogP contribution is 1.82. The summed E-state index contributed by atoms with van der Waals surface area (Å²) < 4.78 is 0. The molecule has 0 fully saturated rings.